The highest BCUT2D eigenvalue weighted by Gasteiger charge is 2.06. The van der Waals surface area contributed by atoms with Gasteiger partial charge in [0.1, 0.15) is 0 Å². The molecule has 0 aromatic heterocycles. The molecule has 0 saturated carbocycles. The monoisotopic (exact) mass is 267 g/mol. The van der Waals surface area contributed by atoms with Gasteiger partial charge in [0.2, 0.25) is 6.08 Å². The average Bonchev–Trinajstić information content (AvgIpc) is 2.38. The summed E-state index contributed by atoms with van der Waals surface area (Å²) in [4.78, 5) is 14.4. The normalized spacial score (nSPS) is 12.4. The topological polar surface area (TPSA) is 29.4 Å². The molecule has 0 saturated heterocycles. The number of hydrogen-bond acceptors (Lipinski definition) is 2. The Morgan fingerprint density at radius 1 is 0.842 bits per heavy atom. The van der Waals surface area contributed by atoms with Gasteiger partial charge < -0.3 is 0 Å². The van der Waals surface area contributed by atoms with Crippen molar-refractivity contribution >= 4 is 6.08 Å². The van der Waals surface area contributed by atoms with E-state index in [9.17, 15) is 4.79 Å². The van der Waals surface area contributed by atoms with Crippen molar-refractivity contribution in [2.45, 2.75) is 97.4 Å². The quantitative estimate of drug-likeness (QED) is 0.240. The summed E-state index contributed by atoms with van der Waals surface area (Å²) in [5.41, 5.74) is 0. The summed E-state index contributed by atoms with van der Waals surface area (Å²) in [5.74, 6) is 0.784. The lowest BCUT2D eigenvalue weighted by Gasteiger charge is -2.11. The lowest BCUT2D eigenvalue weighted by Crippen LogP contribution is -2.04. The van der Waals surface area contributed by atoms with Crippen molar-refractivity contribution in [1.29, 1.82) is 0 Å². The number of aliphatic imine (C=N–C) groups is 1. The summed E-state index contributed by atoms with van der Waals surface area (Å²) in [6.45, 7) is 6.76. The van der Waals surface area contributed by atoms with E-state index >= 15 is 0 Å². The summed E-state index contributed by atoms with van der Waals surface area (Å²) < 4.78 is 0. The van der Waals surface area contributed by atoms with Gasteiger partial charge in [0.15, 0.2) is 0 Å². The summed E-state index contributed by atoms with van der Waals surface area (Å²) in [5, 5.41) is 0. The molecule has 0 N–H and O–H groups in total. The van der Waals surface area contributed by atoms with E-state index in [2.05, 4.69) is 25.8 Å². The van der Waals surface area contributed by atoms with Crippen molar-refractivity contribution in [3.8, 4) is 0 Å². The Hall–Kier alpha value is -0.620. The molecular formula is C17H33NO. The first kappa shape index (κ1) is 18.4. The Balaban J connectivity index is 3.59. The molecular weight excluding hydrogens is 234 g/mol. The highest BCUT2D eigenvalue weighted by Crippen LogP contribution is 2.16. The Kier molecular flexibility index (Phi) is 13.4. The first-order valence-electron chi connectivity index (χ1n) is 8.27. The smallest absolute Gasteiger partial charge is 0.211 e. The molecule has 112 valence electrons. The molecule has 0 fully saturated rings. The van der Waals surface area contributed by atoms with Crippen LogP contribution in [0.3, 0.4) is 0 Å². The average molecular weight is 267 g/mol. The van der Waals surface area contributed by atoms with Gasteiger partial charge in [0.25, 0.3) is 0 Å². The van der Waals surface area contributed by atoms with Crippen molar-refractivity contribution < 1.29 is 4.79 Å². The van der Waals surface area contributed by atoms with Crippen LogP contribution in [-0.4, -0.2) is 12.1 Å². The van der Waals surface area contributed by atoms with Crippen LogP contribution >= 0.6 is 0 Å². The van der Waals surface area contributed by atoms with Gasteiger partial charge in [-0.05, 0) is 18.8 Å². The number of hydrogen-bond donors (Lipinski definition) is 0. The maximum absolute atomic E-state index is 10.4. The van der Waals surface area contributed by atoms with Gasteiger partial charge in [-0.1, -0.05) is 78.6 Å². The maximum Gasteiger partial charge on any atom is 0.235 e. The molecule has 19 heavy (non-hydrogen) atoms. The molecule has 0 bridgehead atoms. The third-order valence-corrected chi connectivity index (χ3v) is 3.70. The van der Waals surface area contributed by atoms with Crippen LogP contribution in [0.2, 0.25) is 0 Å². The minimum absolute atomic E-state index is 0.232. The third kappa shape index (κ3) is 13.6. The third-order valence-electron chi connectivity index (χ3n) is 3.70. The van der Waals surface area contributed by atoms with Gasteiger partial charge in [0.05, 0.1) is 6.04 Å². The fourth-order valence-electron chi connectivity index (χ4n) is 2.44. The molecule has 2 heteroatoms. The number of nitrogens with zero attached hydrogens (tertiary/aromatic N) is 1. The summed E-state index contributed by atoms with van der Waals surface area (Å²) in [6, 6.07) is 0.232. The standard InChI is InChI=1S/C17H33NO/c1-4-5-6-7-8-9-13-17(18-15-19)14-11-10-12-16(2)3/h16-17H,4-14H2,1-3H3. The lowest BCUT2D eigenvalue weighted by molar-refractivity contribution is 0.465. The zero-order chi connectivity index (χ0) is 14.3. The first-order chi connectivity index (χ1) is 9.20. The summed E-state index contributed by atoms with van der Waals surface area (Å²) >= 11 is 0. The maximum atomic E-state index is 10.4. The number of unbranched alkanes of at least 4 members (excludes halogenated alkanes) is 6. The van der Waals surface area contributed by atoms with Gasteiger partial charge in [-0.25, -0.2) is 9.79 Å². The fourth-order valence-corrected chi connectivity index (χ4v) is 2.44. The second-order valence-electron chi connectivity index (χ2n) is 6.11. The minimum Gasteiger partial charge on any atom is -0.211 e. The predicted octanol–water partition coefficient (Wildman–Crippen LogP) is 5.66. The Morgan fingerprint density at radius 2 is 1.37 bits per heavy atom. The van der Waals surface area contributed by atoms with E-state index in [-0.39, 0.29) is 6.04 Å². The van der Waals surface area contributed by atoms with E-state index in [4.69, 9.17) is 0 Å². The molecule has 1 unspecified atom stereocenters. The largest absolute Gasteiger partial charge is 0.235 e. The number of carbonyl (C=O) groups excluding carboxylic acids is 1. The Morgan fingerprint density at radius 3 is 1.95 bits per heavy atom. The van der Waals surface area contributed by atoms with Crippen LogP contribution in [0, 0.1) is 5.92 Å². The van der Waals surface area contributed by atoms with Crippen LogP contribution in [0.25, 0.3) is 0 Å². The van der Waals surface area contributed by atoms with Crippen LogP contribution < -0.4 is 0 Å². The molecule has 0 heterocycles. The van der Waals surface area contributed by atoms with Crippen LogP contribution in [-0.2, 0) is 4.79 Å². The van der Waals surface area contributed by atoms with Crippen LogP contribution in [0.5, 0.6) is 0 Å². The highest BCUT2D eigenvalue weighted by molar-refractivity contribution is 5.33. The van der Waals surface area contributed by atoms with Crippen molar-refractivity contribution in [3.63, 3.8) is 0 Å². The van der Waals surface area contributed by atoms with Crippen molar-refractivity contribution in [1.82, 2.24) is 0 Å². The van der Waals surface area contributed by atoms with Crippen LogP contribution in [0.1, 0.15) is 91.4 Å². The molecule has 0 aliphatic carbocycles. The molecule has 0 aromatic carbocycles. The van der Waals surface area contributed by atoms with Gasteiger partial charge in [-0.3, -0.25) is 0 Å². The summed E-state index contributed by atoms with van der Waals surface area (Å²) in [7, 11) is 0. The fraction of sp³-hybridized carbons (Fsp3) is 0.941. The molecule has 0 rings (SSSR count). The van der Waals surface area contributed by atoms with Gasteiger partial charge in [-0.2, -0.15) is 0 Å². The van der Waals surface area contributed by atoms with E-state index in [1.807, 2.05) is 0 Å². The van der Waals surface area contributed by atoms with Crippen molar-refractivity contribution in [2.75, 3.05) is 0 Å². The Labute approximate surface area is 120 Å². The van der Waals surface area contributed by atoms with Crippen molar-refractivity contribution in [2.24, 2.45) is 10.9 Å². The van der Waals surface area contributed by atoms with E-state index < -0.39 is 0 Å². The second-order valence-corrected chi connectivity index (χ2v) is 6.11. The van der Waals surface area contributed by atoms with Crippen LogP contribution in [0.15, 0.2) is 4.99 Å². The van der Waals surface area contributed by atoms with Crippen molar-refractivity contribution in [3.05, 3.63) is 0 Å². The van der Waals surface area contributed by atoms with E-state index in [1.54, 1.807) is 6.08 Å². The summed E-state index contributed by atoms with van der Waals surface area (Å²) in [6.07, 6.45) is 15.5. The molecule has 0 aromatic rings. The Bertz CT molecular complexity index is 231. The van der Waals surface area contributed by atoms with Gasteiger partial charge in [0, 0.05) is 0 Å². The lowest BCUT2D eigenvalue weighted by atomic mass is 9.99. The molecule has 0 aliphatic heterocycles. The first-order valence-corrected chi connectivity index (χ1v) is 8.27. The van der Waals surface area contributed by atoms with E-state index in [0.29, 0.717) is 0 Å². The number of rotatable bonds is 13. The number of isocyanates is 1. The zero-order valence-corrected chi connectivity index (χ0v) is 13.3. The molecule has 0 spiro atoms. The van der Waals surface area contributed by atoms with Gasteiger partial charge >= 0.3 is 0 Å². The van der Waals surface area contributed by atoms with Crippen LogP contribution in [0.4, 0.5) is 0 Å². The molecule has 2 nitrogen and oxygen atoms in total. The van der Waals surface area contributed by atoms with Gasteiger partial charge in [-0.15, -0.1) is 0 Å². The molecule has 0 radical (unpaired) electrons. The highest BCUT2D eigenvalue weighted by atomic mass is 16.1. The SMILES string of the molecule is CCCCCCCCC(CCCCC(C)C)N=C=O. The minimum atomic E-state index is 0.232. The molecule has 1 atom stereocenters. The second kappa shape index (κ2) is 13.8. The molecule has 0 amide bonds. The van der Waals surface area contributed by atoms with E-state index in [1.165, 1.54) is 57.8 Å². The van der Waals surface area contributed by atoms with E-state index in [0.717, 1.165) is 18.8 Å². The molecule has 0 aliphatic rings. The predicted molar refractivity (Wildman–Crippen MR) is 83.2 cm³/mol. The zero-order valence-electron chi connectivity index (χ0n) is 13.3.